The molecule has 2 aromatic rings. The fourth-order valence-corrected chi connectivity index (χ4v) is 2.48. The summed E-state index contributed by atoms with van der Waals surface area (Å²) in [5.41, 5.74) is 2.71. The monoisotopic (exact) mass is 256 g/mol. The number of rotatable bonds is 1. The van der Waals surface area contributed by atoms with E-state index in [1.165, 1.54) is 6.07 Å². The second-order valence-electron chi connectivity index (χ2n) is 4.73. The molecule has 0 fully saturated rings. The van der Waals surface area contributed by atoms with E-state index >= 15 is 0 Å². The molecule has 0 aliphatic carbocycles. The number of aryl methyl sites for hydroxylation is 1. The van der Waals surface area contributed by atoms with E-state index in [0.717, 1.165) is 16.7 Å². The average molecular weight is 256 g/mol. The van der Waals surface area contributed by atoms with Crippen molar-refractivity contribution in [2.75, 3.05) is 0 Å². The minimum atomic E-state index is -0.573. The molecule has 1 aliphatic heterocycles. The van der Waals surface area contributed by atoms with E-state index in [1.54, 1.807) is 6.07 Å². The predicted molar refractivity (Wildman–Crippen MR) is 69.4 cm³/mol. The minimum Gasteiger partial charge on any atom is -0.453 e. The summed E-state index contributed by atoms with van der Waals surface area (Å²) in [6.45, 7) is 1.89. The molecule has 1 aliphatic rings. The molecule has 1 heterocycles. The first-order valence-corrected chi connectivity index (χ1v) is 6.20. The van der Waals surface area contributed by atoms with Gasteiger partial charge in [0, 0.05) is 6.42 Å². The molecule has 0 radical (unpaired) electrons. The Morgan fingerprint density at radius 3 is 2.63 bits per heavy atom. The Hall–Kier alpha value is -2.16. The lowest BCUT2D eigenvalue weighted by molar-refractivity contribution is 0.0245. The lowest BCUT2D eigenvalue weighted by Gasteiger charge is -2.26. The number of hydrogen-bond acceptors (Lipinski definition) is 2. The number of fused-ring (bicyclic) bond motifs is 1. The molecule has 96 valence electrons. The van der Waals surface area contributed by atoms with Crippen LogP contribution in [0.15, 0.2) is 42.5 Å². The molecule has 19 heavy (non-hydrogen) atoms. The summed E-state index contributed by atoms with van der Waals surface area (Å²) >= 11 is 0. The van der Waals surface area contributed by atoms with Crippen molar-refractivity contribution in [2.24, 2.45) is 0 Å². The molecule has 0 saturated carbocycles. The predicted octanol–water partition coefficient (Wildman–Crippen LogP) is 3.59. The molecule has 2 nitrogen and oxygen atoms in total. The molecular formula is C16H13FO2. The molecule has 0 saturated heterocycles. The highest BCUT2D eigenvalue weighted by Gasteiger charge is 2.30. The maximum atomic E-state index is 13.7. The maximum Gasteiger partial charge on any atom is 0.342 e. The van der Waals surface area contributed by atoms with Gasteiger partial charge >= 0.3 is 5.97 Å². The Bertz CT molecular complexity index is 635. The van der Waals surface area contributed by atoms with Crippen LogP contribution in [0.25, 0.3) is 0 Å². The van der Waals surface area contributed by atoms with Crippen molar-refractivity contribution in [1.29, 1.82) is 0 Å². The van der Waals surface area contributed by atoms with E-state index in [0.29, 0.717) is 6.42 Å². The number of cyclic esters (lactones) is 1. The van der Waals surface area contributed by atoms with Gasteiger partial charge in [0.05, 0.1) is 5.56 Å². The summed E-state index contributed by atoms with van der Waals surface area (Å²) in [5, 5.41) is 0. The number of benzene rings is 2. The Morgan fingerprint density at radius 1 is 1.16 bits per heavy atom. The largest absolute Gasteiger partial charge is 0.453 e. The topological polar surface area (TPSA) is 26.3 Å². The standard InChI is InChI=1S/C16H13FO2/c1-10-7-8-13(17)15-12(10)9-14(19-16(15)18)11-5-3-2-4-6-11/h2-8,14H,9H2,1H3. The van der Waals surface area contributed by atoms with Crippen molar-refractivity contribution in [2.45, 2.75) is 19.4 Å². The Balaban J connectivity index is 2.05. The van der Waals surface area contributed by atoms with Gasteiger partial charge in [-0.15, -0.1) is 0 Å². The van der Waals surface area contributed by atoms with Crippen LogP contribution in [0.5, 0.6) is 0 Å². The quantitative estimate of drug-likeness (QED) is 0.729. The van der Waals surface area contributed by atoms with Crippen LogP contribution in [-0.4, -0.2) is 5.97 Å². The van der Waals surface area contributed by atoms with E-state index < -0.39 is 11.8 Å². The van der Waals surface area contributed by atoms with Gasteiger partial charge in [0.2, 0.25) is 0 Å². The van der Waals surface area contributed by atoms with Crippen molar-refractivity contribution in [3.8, 4) is 0 Å². The van der Waals surface area contributed by atoms with E-state index in [4.69, 9.17) is 4.74 Å². The summed E-state index contributed by atoms with van der Waals surface area (Å²) in [4.78, 5) is 12.0. The fraction of sp³-hybridized carbons (Fsp3) is 0.188. The van der Waals surface area contributed by atoms with E-state index in [2.05, 4.69) is 0 Å². The zero-order valence-corrected chi connectivity index (χ0v) is 10.5. The molecule has 3 heteroatoms. The number of ether oxygens (including phenoxy) is 1. The first-order valence-electron chi connectivity index (χ1n) is 6.20. The first-order chi connectivity index (χ1) is 9.16. The summed E-state index contributed by atoms with van der Waals surface area (Å²) < 4.78 is 19.1. The van der Waals surface area contributed by atoms with Crippen LogP contribution in [0.4, 0.5) is 4.39 Å². The number of esters is 1. The van der Waals surface area contributed by atoms with Crippen molar-refractivity contribution in [3.05, 3.63) is 70.5 Å². The smallest absolute Gasteiger partial charge is 0.342 e. The van der Waals surface area contributed by atoms with Gasteiger partial charge in [0.25, 0.3) is 0 Å². The molecule has 3 rings (SSSR count). The van der Waals surface area contributed by atoms with Gasteiger partial charge in [-0.25, -0.2) is 9.18 Å². The van der Waals surface area contributed by atoms with Gasteiger partial charge in [0.1, 0.15) is 11.9 Å². The van der Waals surface area contributed by atoms with Gasteiger partial charge < -0.3 is 4.74 Å². The minimum absolute atomic E-state index is 0.0900. The van der Waals surface area contributed by atoms with E-state index in [9.17, 15) is 9.18 Å². The summed E-state index contributed by atoms with van der Waals surface area (Å²) in [5.74, 6) is -1.08. The molecule has 1 atom stereocenters. The van der Waals surface area contributed by atoms with Gasteiger partial charge in [-0.3, -0.25) is 0 Å². The molecule has 2 aromatic carbocycles. The molecular weight excluding hydrogens is 243 g/mol. The number of carbonyl (C=O) groups is 1. The highest BCUT2D eigenvalue weighted by Crippen LogP contribution is 2.33. The zero-order valence-electron chi connectivity index (χ0n) is 10.5. The lowest BCUT2D eigenvalue weighted by Crippen LogP contribution is -2.24. The normalized spacial score (nSPS) is 17.8. The van der Waals surface area contributed by atoms with Crippen molar-refractivity contribution < 1.29 is 13.9 Å². The third kappa shape index (κ3) is 2.01. The highest BCUT2D eigenvalue weighted by atomic mass is 19.1. The van der Waals surface area contributed by atoms with Gasteiger partial charge in [-0.05, 0) is 29.7 Å². The highest BCUT2D eigenvalue weighted by molar-refractivity contribution is 5.93. The molecule has 0 bridgehead atoms. The van der Waals surface area contributed by atoms with Crippen LogP contribution in [0.2, 0.25) is 0 Å². The third-order valence-electron chi connectivity index (χ3n) is 3.51. The van der Waals surface area contributed by atoms with Gasteiger partial charge in [0.15, 0.2) is 0 Å². The molecule has 0 spiro atoms. The zero-order chi connectivity index (χ0) is 13.4. The number of carbonyl (C=O) groups excluding carboxylic acids is 1. The average Bonchev–Trinajstić information content (AvgIpc) is 2.43. The van der Waals surface area contributed by atoms with Crippen LogP contribution in [-0.2, 0) is 11.2 Å². The molecule has 0 amide bonds. The Labute approximate surface area is 110 Å². The Morgan fingerprint density at radius 2 is 1.89 bits per heavy atom. The number of hydrogen-bond donors (Lipinski definition) is 0. The first kappa shape index (κ1) is 11.9. The van der Waals surface area contributed by atoms with Gasteiger partial charge in [-0.2, -0.15) is 0 Å². The van der Waals surface area contributed by atoms with Crippen LogP contribution in [0, 0.1) is 12.7 Å². The molecule has 0 N–H and O–H groups in total. The summed E-state index contributed by atoms with van der Waals surface area (Å²) in [7, 11) is 0. The van der Waals surface area contributed by atoms with Crippen LogP contribution in [0.1, 0.15) is 33.2 Å². The van der Waals surface area contributed by atoms with Crippen LogP contribution < -0.4 is 0 Å². The van der Waals surface area contributed by atoms with Crippen LogP contribution >= 0.6 is 0 Å². The van der Waals surface area contributed by atoms with E-state index in [-0.39, 0.29) is 11.7 Å². The van der Waals surface area contributed by atoms with Crippen LogP contribution in [0.3, 0.4) is 0 Å². The Kier molecular flexibility index (Phi) is 2.82. The van der Waals surface area contributed by atoms with E-state index in [1.807, 2.05) is 37.3 Å². The molecule has 1 unspecified atom stereocenters. The van der Waals surface area contributed by atoms with Crippen molar-refractivity contribution >= 4 is 5.97 Å². The summed E-state index contributed by atoms with van der Waals surface area (Å²) in [6, 6.07) is 12.6. The second-order valence-corrected chi connectivity index (χ2v) is 4.73. The fourth-order valence-electron chi connectivity index (χ4n) is 2.48. The maximum absolute atomic E-state index is 13.7. The second kappa shape index (κ2) is 4.50. The van der Waals surface area contributed by atoms with Crippen molar-refractivity contribution in [3.63, 3.8) is 0 Å². The molecule has 0 aromatic heterocycles. The van der Waals surface area contributed by atoms with Crippen molar-refractivity contribution in [1.82, 2.24) is 0 Å². The number of halogens is 1. The lowest BCUT2D eigenvalue weighted by atomic mass is 9.91. The third-order valence-corrected chi connectivity index (χ3v) is 3.51. The summed E-state index contributed by atoms with van der Waals surface area (Å²) in [6.07, 6.45) is 0.191. The SMILES string of the molecule is Cc1ccc(F)c2c1CC(c1ccccc1)OC2=O. The van der Waals surface area contributed by atoms with Gasteiger partial charge in [-0.1, -0.05) is 36.4 Å².